The molecule has 0 bridgehead atoms. The normalized spacial score (nSPS) is 22.1. The van der Waals surface area contributed by atoms with E-state index in [4.69, 9.17) is 0 Å². The van der Waals surface area contributed by atoms with Gasteiger partial charge in [-0.1, -0.05) is 38.3 Å². The van der Waals surface area contributed by atoms with Gasteiger partial charge in [-0.2, -0.15) is 0 Å². The first-order valence-electron chi connectivity index (χ1n) is 4.39. The van der Waals surface area contributed by atoms with Crippen molar-refractivity contribution in [2.75, 3.05) is 0 Å². The van der Waals surface area contributed by atoms with Crippen LogP contribution < -0.4 is 0 Å². The molecule has 0 spiro atoms. The largest absolute Gasteiger partial charge is 0.0851 e. The molecule has 0 saturated heterocycles. The second kappa shape index (κ2) is 4.54. The summed E-state index contributed by atoms with van der Waals surface area (Å²) in [5.74, 6) is 0.893. The van der Waals surface area contributed by atoms with Gasteiger partial charge in [-0.3, -0.25) is 0 Å². The summed E-state index contributed by atoms with van der Waals surface area (Å²) in [5.41, 5.74) is 0. The van der Waals surface area contributed by atoms with Gasteiger partial charge in [0.05, 0.1) is 0 Å². The molecule has 0 atom stereocenters. The van der Waals surface area contributed by atoms with Gasteiger partial charge in [0.2, 0.25) is 0 Å². The Bertz CT molecular complexity index is 96.6. The first-order chi connectivity index (χ1) is 4.93. The Morgan fingerprint density at radius 3 is 2.40 bits per heavy atom. The van der Waals surface area contributed by atoms with E-state index in [1.165, 1.54) is 32.1 Å². The molecule has 0 aromatic heterocycles. The molecular formula is C10H17. The summed E-state index contributed by atoms with van der Waals surface area (Å²) >= 11 is 0. The highest BCUT2D eigenvalue weighted by atomic mass is 14.1. The van der Waals surface area contributed by atoms with Gasteiger partial charge in [0, 0.05) is 0 Å². The predicted octanol–water partition coefficient (Wildman–Crippen LogP) is 3.35. The highest BCUT2D eigenvalue weighted by molar-refractivity contribution is 4.96. The zero-order valence-corrected chi connectivity index (χ0v) is 6.84. The Balaban J connectivity index is 2.19. The SMILES string of the molecule is C[CH]C=CC1CCCCC1. The summed E-state index contributed by atoms with van der Waals surface area (Å²) in [6.45, 7) is 2.08. The van der Waals surface area contributed by atoms with Crippen LogP contribution in [-0.2, 0) is 0 Å². The van der Waals surface area contributed by atoms with Crippen LogP contribution in [0, 0.1) is 12.3 Å². The highest BCUT2D eigenvalue weighted by Gasteiger charge is 2.08. The number of hydrogen-bond donors (Lipinski definition) is 0. The van der Waals surface area contributed by atoms with Gasteiger partial charge < -0.3 is 0 Å². The fourth-order valence-electron chi connectivity index (χ4n) is 1.59. The van der Waals surface area contributed by atoms with E-state index in [9.17, 15) is 0 Å². The molecule has 0 aliphatic heterocycles. The van der Waals surface area contributed by atoms with Crippen molar-refractivity contribution >= 4 is 0 Å². The van der Waals surface area contributed by atoms with Gasteiger partial charge in [0.25, 0.3) is 0 Å². The summed E-state index contributed by atoms with van der Waals surface area (Å²) in [4.78, 5) is 0. The molecule has 1 aliphatic rings. The number of hydrogen-bond acceptors (Lipinski definition) is 0. The Hall–Kier alpha value is -0.260. The lowest BCUT2D eigenvalue weighted by molar-refractivity contribution is 0.419. The zero-order chi connectivity index (χ0) is 7.23. The zero-order valence-electron chi connectivity index (χ0n) is 6.84. The summed E-state index contributed by atoms with van der Waals surface area (Å²) in [7, 11) is 0. The minimum absolute atomic E-state index is 0.893. The predicted molar refractivity (Wildman–Crippen MR) is 45.7 cm³/mol. The van der Waals surface area contributed by atoms with E-state index in [0.29, 0.717) is 0 Å². The molecule has 0 heteroatoms. The van der Waals surface area contributed by atoms with Crippen LogP contribution in [0.15, 0.2) is 12.2 Å². The Labute approximate surface area is 64.3 Å². The van der Waals surface area contributed by atoms with Gasteiger partial charge in [-0.05, 0) is 25.2 Å². The minimum Gasteiger partial charge on any atom is -0.0851 e. The lowest BCUT2D eigenvalue weighted by atomic mass is 9.89. The van der Waals surface area contributed by atoms with Crippen LogP contribution >= 0.6 is 0 Å². The van der Waals surface area contributed by atoms with Crippen molar-refractivity contribution in [2.45, 2.75) is 39.0 Å². The minimum atomic E-state index is 0.893. The van der Waals surface area contributed by atoms with E-state index >= 15 is 0 Å². The van der Waals surface area contributed by atoms with Gasteiger partial charge >= 0.3 is 0 Å². The molecule has 1 rings (SSSR count). The Morgan fingerprint density at radius 1 is 1.10 bits per heavy atom. The molecule has 0 heterocycles. The summed E-state index contributed by atoms with van der Waals surface area (Å²) < 4.78 is 0. The molecular weight excluding hydrogens is 120 g/mol. The van der Waals surface area contributed by atoms with E-state index in [1.807, 2.05) is 0 Å². The van der Waals surface area contributed by atoms with E-state index in [0.717, 1.165) is 5.92 Å². The van der Waals surface area contributed by atoms with Crippen LogP contribution in [0.1, 0.15) is 39.0 Å². The fourth-order valence-corrected chi connectivity index (χ4v) is 1.59. The third-order valence-electron chi connectivity index (χ3n) is 2.23. The molecule has 1 aliphatic carbocycles. The molecule has 1 saturated carbocycles. The van der Waals surface area contributed by atoms with Crippen LogP contribution in [0.3, 0.4) is 0 Å². The second-order valence-corrected chi connectivity index (χ2v) is 3.12. The van der Waals surface area contributed by atoms with Crippen LogP contribution in [0.25, 0.3) is 0 Å². The third kappa shape index (κ3) is 2.55. The Morgan fingerprint density at radius 2 is 1.80 bits per heavy atom. The molecule has 0 N–H and O–H groups in total. The van der Waals surface area contributed by atoms with E-state index < -0.39 is 0 Å². The Kier molecular flexibility index (Phi) is 3.56. The molecule has 0 aromatic carbocycles. The molecule has 57 valence electrons. The van der Waals surface area contributed by atoms with E-state index in [2.05, 4.69) is 25.5 Å². The first-order valence-corrected chi connectivity index (χ1v) is 4.39. The smallest absolute Gasteiger partial charge is 0.0201 e. The average molecular weight is 137 g/mol. The maximum Gasteiger partial charge on any atom is -0.0201 e. The van der Waals surface area contributed by atoms with E-state index in [1.54, 1.807) is 0 Å². The van der Waals surface area contributed by atoms with Crippen molar-refractivity contribution in [3.63, 3.8) is 0 Å². The molecule has 1 fully saturated rings. The summed E-state index contributed by atoms with van der Waals surface area (Å²) in [5, 5.41) is 0. The molecule has 0 amide bonds. The number of allylic oxidation sites excluding steroid dienone is 2. The lowest BCUT2D eigenvalue weighted by Crippen LogP contribution is -2.02. The van der Waals surface area contributed by atoms with Crippen molar-refractivity contribution in [2.24, 2.45) is 5.92 Å². The third-order valence-corrected chi connectivity index (χ3v) is 2.23. The molecule has 10 heavy (non-hydrogen) atoms. The summed E-state index contributed by atoms with van der Waals surface area (Å²) in [6, 6.07) is 0. The van der Waals surface area contributed by atoms with Crippen LogP contribution in [0.5, 0.6) is 0 Å². The highest BCUT2D eigenvalue weighted by Crippen LogP contribution is 2.24. The quantitative estimate of drug-likeness (QED) is 0.547. The maximum absolute atomic E-state index is 2.36. The van der Waals surface area contributed by atoms with Gasteiger partial charge in [0.1, 0.15) is 0 Å². The van der Waals surface area contributed by atoms with Crippen LogP contribution in [0.2, 0.25) is 0 Å². The van der Waals surface area contributed by atoms with Crippen LogP contribution in [0.4, 0.5) is 0 Å². The molecule has 0 unspecified atom stereocenters. The maximum atomic E-state index is 2.36. The second-order valence-electron chi connectivity index (χ2n) is 3.12. The monoisotopic (exact) mass is 137 g/mol. The van der Waals surface area contributed by atoms with E-state index in [-0.39, 0.29) is 0 Å². The van der Waals surface area contributed by atoms with Gasteiger partial charge in [-0.25, -0.2) is 0 Å². The molecule has 0 aromatic rings. The van der Waals surface area contributed by atoms with Crippen molar-refractivity contribution in [1.29, 1.82) is 0 Å². The topological polar surface area (TPSA) is 0 Å². The average Bonchev–Trinajstić information content (AvgIpc) is 2.03. The lowest BCUT2D eigenvalue weighted by Gasteiger charge is -2.17. The van der Waals surface area contributed by atoms with Crippen molar-refractivity contribution in [1.82, 2.24) is 0 Å². The standard InChI is InChI=1S/C10H17/c1-2-3-7-10-8-5-4-6-9-10/h2-3,7,10H,4-6,8-9H2,1H3. The van der Waals surface area contributed by atoms with Crippen LogP contribution in [-0.4, -0.2) is 0 Å². The van der Waals surface area contributed by atoms with Gasteiger partial charge in [0.15, 0.2) is 0 Å². The summed E-state index contributed by atoms with van der Waals surface area (Å²) in [6.07, 6.45) is 13.9. The first kappa shape index (κ1) is 7.84. The van der Waals surface area contributed by atoms with Crippen molar-refractivity contribution < 1.29 is 0 Å². The van der Waals surface area contributed by atoms with Crippen molar-refractivity contribution in [3.8, 4) is 0 Å². The number of rotatable bonds is 2. The molecule has 0 nitrogen and oxygen atoms in total. The van der Waals surface area contributed by atoms with Gasteiger partial charge in [-0.15, -0.1) is 0 Å². The fraction of sp³-hybridized carbons (Fsp3) is 0.700. The van der Waals surface area contributed by atoms with Crippen molar-refractivity contribution in [3.05, 3.63) is 18.6 Å². The molecule has 1 radical (unpaired) electrons.